The molecule has 2 aromatic rings. The molecular formula is C20H23ClN4O3S2. The predicted molar refractivity (Wildman–Crippen MR) is 122 cm³/mol. The highest BCUT2D eigenvalue weighted by Gasteiger charge is 2.27. The first-order chi connectivity index (χ1) is 14.2. The Labute approximate surface area is 187 Å². The third kappa shape index (κ3) is 5.99. The lowest BCUT2D eigenvalue weighted by Crippen LogP contribution is -2.46. The van der Waals surface area contributed by atoms with Crippen molar-refractivity contribution in [1.29, 1.82) is 0 Å². The fourth-order valence-corrected chi connectivity index (χ4v) is 4.79. The number of likely N-dealkylation sites (N-methyl/N-ethyl adjacent to an activating group) is 1. The van der Waals surface area contributed by atoms with Crippen LogP contribution in [0.25, 0.3) is 0 Å². The fraction of sp³-hybridized carbons (Fsp3) is 0.300. The number of anilines is 1. The minimum absolute atomic E-state index is 0.142. The molecule has 1 aliphatic heterocycles. The standard InChI is InChI=1S/C20H23ClN4O3S2/c1-24-10-12-25(13-11-24)30(27,28)18-8-6-17(7-9-18)22-20(29)23-19(26)14-15-2-4-16(21)5-3-15/h2-9H,10-14H2,1H3,(H2,22,23,26,29). The molecule has 0 bridgehead atoms. The van der Waals surface area contributed by atoms with Gasteiger partial charge < -0.3 is 15.5 Å². The number of amides is 1. The van der Waals surface area contributed by atoms with Crippen LogP contribution in [0.3, 0.4) is 0 Å². The summed E-state index contributed by atoms with van der Waals surface area (Å²) in [5.74, 6) is -0.260. The van der Waals surface area contributed by atoms with E-state index in [1.807, 2.05) is 7.05 Å². The molecule has 160 valence electrons. The summed E-state index contributed by atoms with van der Waals surface area (Å²) in [4.78, 5) is 14.5. The molecule has 2 aromatic carbocycles. The van der Waals surface area contributed by atoms with Crippen LogP contribution >= 0.6 is 23.8 Å². The molecule has 1 heterocycles. The minimum atomic E-state index is -3.52. The molecular weight excluding hydrogens is 444 g/mol. The first kappa shape index (κ1) is 22.6. The number of hydrogen-bond acceptors (Lipinski definition) is 5. The van der Waals surface area contributed by atoms with E-state index in [0.717, 1.165) is 5.56 Å². The van der Waals surface area contributed by atoms with Gasteiger partial charge in [-0.05, 0) is 61.2 Å². The van der Waals surface area contributed by atoms with Crippen LogP contribution in [0.1, 0.15) is 5.56 Å². The van der Waals surface area contributed by atoms with Gasteiger partial charge in [-0.15, -0.1) is 0 Å². The van der Waals surface area contributed by atoms with Gasteiger partial charge in [-0.2, -0.15) is 4.31 Å². The van der Waals surface area contributed by atoms with E-state index in [0.29, 0.717) is 36.9 Å². The van der Waals surface area contributed by atoms with Crippen LogP contribution in [0.4, 0.5) is 5.69 Å². The van der Waals surface area contributed by atoms with Gasteiger partial charge in [0.2, 0.25) is 15.9 Å². The van der Waals surface area contributed by atoms with Crippen LogP contribution in [0.15, 0.2) is 53.4 Å². The average molecular weight is 467 g/mol. The van der Waals surface area contributed by atoms with Crippen molar-refractivity contribution in [3.63, 3.8) is 0 Å². The smallest absolute Gasteiger partial charge is 0.243 e. The number of nitrogens with zero attached hydrogens (tertiary/aromatic N) is 2. The zero-order valence-corrected chi connectivity index (χ0v) is 18.9. The van der Waals surface area contributed by atoms with Crippen LogP contribution in [0.2, 0.25) is 5.02 Å². The van der Waals surface area contributed by atoms with Crippen LogP contribution < -0.4 is 10.6 Å². The second-order valence-corrected chi connectivity index (χ2v) is 9.82. The molecule has 30 heavy (non-hydrogen) atoms. The quantitative estimate of drug-likeness (QED) is 0.658. The molecule has 10 heteroatoms. The molecule has 1 saturated heterocycles. The molecule has 3 rings (SSSR count). The first-order valence-electron chi connectivity index (χ1n) is 9.38. The van der Waals surface area contributed by atoms with Gasteiger partial charge in [0.15, 0.2) is 5.11 Å². The number of carbonyl (C=O) groups excluding carboxylic acids is 1. The summed E-state index contributed by atoms with van der Waals surface area (Å²) in [6.07, 6.45) is 0.168. The molecule has 0 aromatic heterocycles. The number of sulfonamides is 1. The number of hydrogen-bond donors (Lipinski definition) is 2. The Morgan fingerprint density at radius 3 is 2.23 bits per heavy atom. The van der Waals surface area contributed by atoms with E-state index in [9.17, 15) is 13.2 Å². The Bertz CT molecular complexity index is 1000. The van der Waals surface area contributed by atoms with Crippen LogP contribution in [-0.4, -0.2) is 61.9 Å². The molecule has 0 aliphatic carbocycles. The van der Waals surface area contributed by atoms with Crippen LogP contribution in [0.5, 0.6) is 0 Å². The van der Waals surface area contributed by atoms with Gasteiger partial charge in [0.1, 0.15) is 0 Å². The third-order valence-corrected chi connectivity index (χ3v) is 7.11. The van der Waals surface area contributed by atoms with Crippen molar-refractivity contribution in [1.82, 2.24) is 14.5 Å². The van der Waals surface area contributed by atoms with E-state index < -0.39 is 10.0 Å². The van der Waals surface area contributed by atoms with E-state index >= 15 is 0 Å². The summed E-state index contributed by atoms with van der Waals surface area (Å²) in [5, 5.41) is 6.25. The zero-order chi connectivity index (χ0) is 21.7. The Hall–Kier alpha value is -2.04. The fourth-order valence-electron chi connectivity index (χ4n) is 3.01. The van der Waals surface area contributed by atoms with E-state index in [4.69, 9.17) is 23.8 Å². The molecule has 0 atom stereocenters. The normalized spacial score (nSPS) is 15.5. The SMILES string of the molecule is CN1CCN(S(=O)(=O)c2ccc(NC(=S)NC(=O)Cc3ccc(Cl)cc3)cc2)CC1. The molecule has 0 saturated carbocycles. The van der Waals surface area contributed by atoms with Gasteiger partial charge in [-0.1, -0.05) is 23.7 Å². The van der Waals surface area contributed by atoms with Crippen molar-refractivity contribution in [2.75, 3.05) is 38.5 Å². The molecule has 0 unspecified atom stereocenters. The van der Waals surface area contributed by atoms with Gasteiger partial charge in [-0.25, -0.2) is 8.42 Å². The van der Waals surface area contributed by atoms with E-state index in [1.165, 1.54) is 16.4 Å². The lowest BCUT2D eigenvalue weighted by atomic mass is 10.1. The highest BCUT2D eigenvalue weighted by Crippen LogP contribution is 2.19. The average Bonchev–Trinajstić information content (AvgIpc) is 2.70. The number of rotatable bonds is 5. The maximum absolute atomic E-state index is 12.8. The van der Waals surface area contributed by atoms with Crippen molar-refractivity contribution in [3.8, 4) is 0 Å². The van der Waals surface area contributed by atoms with Crippen LogP contribution in [0, 0.1) is 0 Å². The zero-order valence-electron chi connectivity index (χ0n) is 16.5. The highest BCUT2D eigenvalue weighted by atomic mass is 35.5. The maximum atomic E-state index is 12.8. The first-order valence-corrected chi connectivity index (χ1v) is 11.6. The van der Waals surface area contributed by atoms with Gasteiger partial charge in [0, 0.05) is 36.9 Å². The number of benzene rings is 2. The summed E-state index contributed by atoms with van der Waals surface area (Å²) in [6, 6.07) is 13.3. The van der Waals surface area contributed by atoms with Gasteiger partial charge in [0.05, 0.1) is 11.3 Å². The molecule has 0 radical (unpaired) electrons. The van der Waals surface area contributed by atoms with Gasteiger partial charge in [0.25, 0.3) is 0 Å². The number of thiocarbonyl (C=S) groups is 1. The summed E-state index contributed by atoms with van der Waals surface area (Å²) >= 11 is 11.0. The highest BCUT2D eigenvalue weighted by molar-refractivity contribution is 7.89. The topological polar surface area (TPSA) is 81.8 Å². The van der Waals surface area contributed by atoms with Crippen molar-refractivity contribution in [2.24, 2.45) is 0 Å². The third-order valence-electron chi connectivity index (χ3n) is 4.74. The minimum Gasteiger partial charge on any atom is -0.332 e. The lowest BCUT2D eigenvalue weighted by Gasteiger charge is -2.31. The van der Waals surface area contributed by atoms with Gasteiger partial charge in [-0.3, -0.25) is 4.79 Å². The summed E-state index contributed by atoms with van der Waals surface area (Å²) in [7, 11) is -1.55. The summed E-state index contributed by atoms with van der Waals surface area (Å²) < 4.78 is 27.0. The number of carbonyl (C=O) groups is 1. The van der Waals surface area contributed by atoms with E-state index in [1.54, 1.807) is 36.4 Å². The molecule has 7 nitrogen and oxygen atoms in total. The van der Waals surface area contributed by atoms with Crippen molar-refractivity contribution in [2.45, 2.75) is 11.3 Å². The predicted octanol–water partition coefficient (Wildman–Crippen LogP) is 2.33. The van der Waals surface area contributed by atoms with Gasteiger partial charge >= 0.3 is 0 Å². The number of nitrogens with one attached hydrogen (secondary N) is 2. The van der Waals surface area contributed by atoms with Crippen molar-refractivity contribution < 1.29 is 13.2 Å². The summed E-state index contributed by atoms with van der Waals surface area (Å²) in [5.41, 5.74) is 1.40. The van der Waals surface area contributed by atoms with E-state index in [-0.39, 0.29) is 22.3 Å². The molecule has 1 amide bonds. The van der Waals surface area contributed by atoms with E-state index in [2.05, 4.69) is 15.5 Å². The Morgan fingerprint density at radius 2 is 1.63 bits per heavy atom. The monoisotopic (exact) mass is 466 g/mol. The second kappa shape index (κ2) is 9.84. The number of piperazine rings is 1. The molecule has 1 fully saturated rings. The summed E-state index contributed by atoms with van der Waals surface area (Å²) in [6.45, 7) is 2.37. The van der Waals surface area contributed by atoms with Crippen molar-refractivity contribution >= 4 is 50.5 Å². The molecule has 1 aliphatic rings. The largest absolute Gasteiger partial charge is 0.332 e. The maximum Gasteiger partial charge on any atom is 0.243 e. The van der Waals surface area contributed by atoms with Crippen LogP contribution in [-0.2, 0) is 21.2 Å². The second-order valence-electron chi connectivity index (χ2n) is 7.04. The lowest BCUT2D eigenvalue weighted by molar-refractivity contribution is -0.119. The number of halogens is 1. The Morgan fingerprint density at radius 1 is 1.03 bits per heavy atom. The Balaban J connectivity index is 1.55. The Kier molecular flexibility index (Phi) is 7.43. The molecule has 2 N–H and O–H groups in total. The molecule has 0 spiro atoms. The van der Waals surface area contributed by atoms with Crippen molar-refractivity contribution in [3.05, 3.63) is 59.1 Å².